The van der Waals surface area contributed by atoms with Crippen molar-refractivity contribution >= 4 is 17.6 Å². The first-order valence-corrected chi connectivity index (χ1v) is 10.1. The molecule has 3 N–H and O–H groups in total. The van der Waals surface area contributed by atoms with Crippen molar-refractivity contribution in [2.75, 3.05) is 19.8 Å². The lowest BCUT2D eigenvalue weighted by molar-refractivity contribution is 0.211. The molecule has 1 rings (SSSR count). The predicted molar refractivity (Wildman–Crippen MR) is 85.2 cm³/mol. The summed E-state index contributed by atoms with van der Waals surface area (Å²) >= 11 is 0. The standard InChI is InChI=1S/C13H23N2O5PS/c1-4-19-21(16,20-5-2)13(10-14)15-22(17,18)12-8-6-11(3)7-9-12/h6-9,13,15H,4-5,10,14H2,1-3H3. The van der Waals surface area contributed by atoms with Gasteiger partial charge in [-0.15, -0.1) is 0 Å². The second-order valence-corrected chi connectivity index (χ2v) is 8.49. The molecule has 7 nitrogen and oxygen atoms in total. The van der Waals surface area contributed by atoms with E-state index in [4.69, 9.17) is 14.8 Å². The van der Waals surface area contributed by atoms with Gasteiger partial charge in [-0.3, -0.25) is 4.57 Å². The molecule has 0 aliphatic rings. The number of benzene rings is 1. The van der Waals surface area contributed by atoms with Crippen LogP contribution in [0, 0.1) is 6.92 Å². The van der Waals surface area contributed by atoms with Crippen molar-refractivity contribution in [3.63, 3.8) is 0 Å². The molecule has 22 heavy (non-hydrogen) atoms. The van der Waals surface area contributed by atoms with Crippen LogP contribution in [0.5, 0.6) is 0 Å². The Hall–Kier alpha value is -0.760. The molecular formula is C13H23N2O5PS. The van der Waals surface area contributed by atoms with E-state index in [0.29, 0.717) is 0 Å². The van der Waals surface area contributed by atoms with Gasteiger partial charge < -0.3 is 14.8 Å². The third-order valence-electron chi connectivity index (χ3n) is 2.85. The van der Waals surface area contributed by atoms with Gasteiger partial charge in [0.2, 0.25) is 10.0 Å². The molecule has 0 saturated heterocycles. The van der Waals surface area contributed by atoms with Crippen molar-refractivity contribution in [1.82, 2.24) is 4.72 Å². The van der Waals surface area contributed by atoms with Gasteiger partial charge in [0.15, 0.2) is 0 Å². The topological polar surface area (TPSA) is 108 Å². The Morgan fingerprint density at radius 2 is 1.68 bits per heavy atom. The van der Waals surface area contributed by atoms with Gasteiger partial charge in [0.25, 0.3) is 0 Å². The summed E-state index contributed by atoms with van der Waals surface area (Å²) in [6.45, 7) is 5.19. The first-order valence-electron chi connectivity index (χ1n) is 6.97. The fraction of sp³-hybridized carbons (Fsp3) is 0.538. The minimum atomic E-state index is -3.87. The molecular weight excluding hydrogens is 327 g/mol. The van der Waals surface area contributed by atoms with Crippen molar-refractivity contribution in [3.05, 3.63) is 29.8 Å². The number of hydrogen-bond acceptors (Lipinski definition) is 6. The van der Waals surface area contributed by atoms with Crippen molar-refractivity contribution in [2.45, 2.75) is 31.4 Å². The van der Waals surface area contributed by atoms with Gasteiger partial charge >= 0.3 is 7.60 Å². The maximum atomic E-state index is 12.7. The number of rotatable bonds is 9. The minimum absolute atomic E-state index is 0.0658. The normalized spacial score (nSPS) is 14.0. The van der Waals surface area contributed by atoms with Gasteiger partial charge in [0.05, 0.1) is 18.1 Å². The lowest BCUT2D eigenvalue weighted by Gasteiger charge is -2.25. The highest BCUT2D eigenvalue weighted by molar-refractivity contribution is 7.89. The first-order chi connectivity index (χ1) is 10.3. The van der Waals surface area contributed by atoms with Gasteiger partial charge in [0, 0.05) is 6.54 Å². The lowest BCUT2D eigenvalue weighted by Crippen LogP contribution is -2.40. The molecule has 0 spiro atoms. The van der Waals surface area contributed by atoms with E-state index in [0.717, 1.165) is 5.56 Å². The molecule has 0 aliphatic carbocycles. The van der Waals surface area contributed by atoms with Gasteiger partial charge in [-0.1, -0.05) is 17.7 Å². The van der Waals surface area contributed by atoms with Crippen molar-refractivity contribution in [1.29, 1.82) is 0 Å². The number of hydrogen-bond donors (Lipinski definition) is 2. The molecule has 0 bridgehead atoms. The summed E-state index contributed by atoms with van der Waals surface area (Å²) in [6.07, 6.45) is 0. The van der Waals surface area contributed by atoms with Crippen LogP contribution < -0.4 is 10.5 Å². The molecule has 0 heterocycles. The van der Waals surface area contributed by atoms with Crippen LogP contribution in [0.2, 0.25) is 0 Å². The second-order valence-electron chi connectivity index (χ2n) is 4.56. The summed E-state index contributed by atoms with van der Waals surface area (Å²) in [5, 5.41) is 0. The summed E-state index contributed by atoms with van der Waals surface area (Å²) in [5.41, 5.74) is 6.50. The highest BCUT2D eigenvalue weighted by Gasteiger charge is 2.37. The van der Waals surface area contributed by atoms with Gasteiger partial charge in [-0.2, -0.15) is 4.72 Å². The number of nitrogens with one attached hydrogen (secondary N) is 1. The van der Waals surface area contributed by atoms with Crippen LogP contribution in [0.4, 0.5) is 0 Å². The zero-order valence-corrected chi connectivity index (χ0v) is 14.7. The molecule has 1 atom stereocenters. The molecule has 0 saturated carbocycles. The van der Waals surface area contributed by atoms with E-state index in [1.807, 2.05) is 6.92 Å². The van der Waals surface area contributed by atoms with Crippen LogP contribution >= 0.6 is 7.60 Å². The molecule has 1 aromatic rings. The van der Waals surface area contributed by atoms with Crippen LogP contribution in [0.15, 0.2) is 29.2 Å². The molecule has 0 aromatic heterocycles. The Bertz CT molecular complexity index is 608. The minimum Gasteiger partial charge on any atom is -0.328 e. The van der Waals surface area contributed by atoms with Crippen LogP contribution in [-0.2, 0) is 23.6 Å². The van der Waals surface area contributed by atoms with E-state index in [1.54, 1.807) is 26.0 Å². The second kappa shape index (κ2) is 8.19. The monoisotopic (exact) mass is 350 g/mol. The summed E-state index contributed by atoms with van der Waals surface area (Å²) in [4.78, 5) is 0.0658. The third-order valence-corrected chi connectivity index (χ3v) is 6.85. The predicted octanol–water partition coefficient (Wildman–Crippen LogP) is 1.82. The molecule has 0 amide bonds. The average molecular weight is 350 g/mol. The lowest BCUT2D eigenvalue weighted by atomic mass is 10.2. The summed E-state index contributed by atoms with van der Waals surface area (Å²) < 4.78 is 50.0. The fourth-order valence-corrected chi connectivity index (χ4v) is 5.21. The first kappa shape index (κ1) is 19.3. The maximum absolute atomic E-state index is 12.7. The van der Waals surface area contributed by atoms with Crippen molar-refractivity contribution in [3.8, 4) is 0 Å². The average Bonchev–Trinajstić information content (AvgIpc) is 2.45. The SMILES string of the molecule is CCOP(=O)(OCC)C(CN)NS(=O)(=O)c1ccc(C)cc1. The Kier molecular flexibility index (Phi) is 7.18. The molecule has 0 radical (unpaired) electrons. The number of nitrogens with two attached hydrogens (primary N) is 1. The fourth-order valence-electron chi connectivity index (χ4n) is 1.78. The van der Waals surface area contributed by atoms with E-state index in [9.17, 15) is 13.0 Å². The zero-order chi connectivity index (χ0) is 16.8. The molecule has 1 aromatic carbocycles. The Morgan fingerprint density at radius 1 is 1.18 bits per heavy atom. The van der Waals surface area contributed by atoms with E-state index >= 15 is 0 Å². The Labute approximate surface area is 131 Å². The highest BCUT2D eigenvalue weighted by Crippen LogP contribution is 2.51. The number of aryl methyl sites for hydroxylation is 1. The van der Waals surface area contributed by atoms with Crippen molar-refractivity contribution < 1.29 is 22.0 Å². The van der Waals surface area contributed by atoms with Crippen LogP contribution in [0.25, 0.3) is 0 Å². The van der Waals surface area contributed by atoms with Crippen molar-refractivity contribution in [2.24, 2.45) is 5.73 Å². The van der Waals surface area contributed by atoms with Gasteiger partial charge in [-0.05, 0) is 32.9 Å². The molecule has 9 heteroatoms. The smallest absolute Gasteiger partial charge is 0.328 e. The number of sulfonamides is 1. The van der Waals surface area contributed by atoms with Crippen LogP contribution in [-0.4, -0.2) is 34.0 Å². The van der Waals surface area contributed by atoms with E-state index < -0.39 is 23.4 Å². The Balaban J connectivity index is 3.05. The van der Waals surface area contributed by atoms with E-state index in [2.05, 4.69) is 4.72 Å². The molecule has 1 unspecified atom stereocenters. The van der Waals surface area contributed by atoms with Crippen LogP contribution in [0.3, 0.4) is 0 Å². The van der Waals surface area contributed by atoms with Gasteiger partial charge in [-0.25, -0.2) is 8.42 Å². The van der Waals surface area contributed by atoms with Gasteiger partial charge in [0.1, 0.15) is 5.78 Å². The largest absolute Gasteiger partial charge is 0.349 e. The molecule has 0 fully saturated rings. The molecule has 0 aliphatic heterocycles. The summed E-state index contributed by atoms with van der Waals surface area (Å²) in [5.74, 6) is -1.14. The Morgan fingerprint density at radius 3 is 2.09 bits per heavy atom. The summed E-state index contributed by atoms with van der Waals surface area (Å²) in [7, 11) is -7.54. The zero-order valence-electron chi connectivity index (χ0n) is 13.0. The summed E-state index contributed by atoms with van der Waals surface area (Å²) in [6, 6.07) is 6.29. The third kappa shape index (κ3) is 4.87. The quantitative estimate of drug-likeness (QED) is 0.658. The molecule has 126 valence electrons. The van der Waals surface area contributed by atoms with E-state index in [1.165, 1.54) is 12.1 Å². The maximum Gasteiger partial charge on any atom is 0.349 e. The van der Waals surface area contributed by atoms with E-state index in [-0.39, 0.29) is 24.7 Å². The highest BCUT2D eigenvalue weighted by atomic mass is 32.2. The van der Waals surface area contributed by atoms with Crippen LogP contribution in [0.1, 0.15) is 19.4 Å².